The van der Waals surface area contributed by atoms with E-state index in [-0.39, 0.29) is 24.8 Å². The molecule has 0 unspecified atom stereocenters. The van der Waals surface area contributed by atoms with Crippen molar-refractivity contribution in [2.45, 2.75) is 20.3 Å². The molecule has 0 atom stereocenters. The topological polar surface area (TPSA) is 0 Å². The first-order valence-electron chi connectivity index (χ1n) is 2.80. The summed E-state index contributed by atoms with van der Waals surface area (Å²) in [6.45, 7) is 4.42. The predicted molar refractivity (Wildman–Crippen MR) is 45.6 cm³/mol. The molecule has 0 N–H and O–H groups in total. The Balaban J connectivity index is 0. The third-order valence-corrected chi connectivity index (χ3v) is 3.74. The summed E-state index contributed by atoms with van der Waals surface area (Å²) in [6, 6.07) is 0. The Bertz CT molecular complexity index is 165. The zero-order chi connectivity index (χ0) is 6.15. The maximum Gasteiger partial charge on any atom is -0.147 e. The molecule has 0 aromatic rings. The third kappa shape index (κ3) is 2.89. The second kappa shape index (κ2) is 5.56. The minimum absolute atomic E-state index is 0. The van der Waals surface area contributed by atoms with Crippen molar-refractivity contribution in [1.29, 1.82) is 0 Å². The Morgan fingerprint density at radius 3 is 1.90 bits per heavy atom. The third-order valence-electron chi connectivity index (χ3n) is 1.66. The molecule has 0 saturated heterocycles. The van der Waals surface area contributed by atoms with Crippen molar-refractivity contribution < 1.29 is 24.4 Å². The van der Waals surface area contributed by atoms with Gasteiger partial charge >= 0.3 is 65.2 Å². The van der Waals surface area contributed by atoms with Gasteiger partial charge in [0.15, 0.2) is 0 Å². The molecule has 1 rings (SSSR count). The van der Waals surface area contributed by atoms with Crippen LogP contribution in [0, 0.1) is 0 Å². The van der Waals surface area contributed by atoms with Crippen molar-refractivity contribution in [3.05, 3.63) is 20.6 Å². The van der Waals surface area contributed by atoms with E-state index >= 15 is 0 Å². The molecule has 0 aromatic carbocycles. The summed E-state index contributed by atoms with van der Waals surface area (Å²) in [5.41, 5.74) is 3.05. The van der Waals surface area contributed by atoms with Crippen LogP contribution in [0.1, 0.15) is 20.3 Å². The molecular formula is C7H11Cl2Hf. The number of allylic oxidation sites excluding steroid dienone is 4. The summed E-state index contributed by atoms with van der Waals surface area (Å²) in [5, 5.41) is 0. The van der Waals surface area contributed by atoms with E-state index in [1.54, 1.807) is 8.90 Å². The maximum absolute atomic E-state index is 2.32. The fourth-order valence-electron chi connectivity index (χ4n) is 0.799. The summed E-state index contributed by atoms with van der Waals surface area (Å²) in [7, 11) is 0. The van der Waals surface area contributed by atoms with Gasteiger partial charge in [0.2, 0.25) is 0 Å². The van der Waals surface area contributed by atoms with Crippen LogP contribution in [0.15, 0.2) is 20.6 Å². The van der Waals surface area contributed by atoms with Gasteiger partial charge in [-0.25, -0.2) is 0 Å². The number of hydrogen-bond donors (Lipinski definition) is 0. The molecular weight excluding hydrogens is 333 g/mol. The van der Waals surface area contributed by atoms with Gasteiger partial charge < -0.3 is 0 Å². The van der Waals surface area contributed by atoms with Crippen LogP contribution in [0.5, 0.6) is 0 Å². The number of rotatable bonds is 0. The molecule has 0 heterocycles. The quantitative estimate of drug-likeness (QED) is 0.593. The Kier molecular flexibility index (Phi) is 7.52. The standard InChI is InChI=1S/C7H9.2ClH.Hf/c1-6-4-3-5-7(6)2;;;/h4H,3H2,1-2H3;2*1H;. The molecule has 10 heavy (non-hydrogen) atoms. The predicted octanol–water partition coefficient (Wildman–Crippen LogP) is 3.00. The molecule has 0 aliphatic heterocycles. The molecule has 0 aromatic heterocycles. The second-order valence-corrected chi connectivity index (χ2v) is 4.36. The summed E-state index contributed by atoms with van der Waals surface area (Å²) >= 11 is 1.25. The van der Waals surface area contributed by atoms with Crippen molar-refractivity contribution >= 4 is 24.8 Å². The van der Waals surface area contributed by atoms with E-state index in [1.165, 1.54) is 36.4 Å². The van der Waals surface area contributed by atoms with Gasteiger partial charge in [-0.2, -0.15) is 0 Å². The Morgan fingerprint density at radius 1 is 1.30 bits per heavy atom. The summed E-state index contributed by atoms with van der Waals surface area (Å²) in [6.07, 6.45) is 3.56. The van der Waals surface area contributed by atoms with Crippen LogP contribution in [0.4, 0.5) is 0 Å². The molecule has 1 aliphatic rings. The molecule has 0 radical (unpaired) electrons. The van der Waals surface area contributed by atoms with Crippen molar-refractivity contribution in [3.8, 4) is 0 Å². The van der Waals surface area contributed by atoms with Gasteiger partial charge in [0.05, 0.1) is 0 Å². The van der Waals surface area contributed by atoms with E-state index in [9.17, 15) is 0 Å². The molecule has 3 heteroatoms. The summed E-state index contributed by atoms with van der Waals surface area (Å²) in [4.78, 5) is 0. The van der Waals surface area contributed by atoms with Crippen molar-refractivity contribution in [3.63, 3.8) is 0 Å². The van der Waals surface area contributed by atoms with Crippen LogP contribution in [0.2, 0.25) is 0 Å². The van der Waals surface area contributed by atoms with E-state index in [0.717, 1.165) is 0 Å². The van der Waals surface area contributed by atoms with E-state index in [1.807, 2.05) is 0 Å². The Morgan fingerprint density at radius 2 is 1.80 bits per heavy atom. The van der Waals surface area contributed by atoms with Crippen LogP contribution in [0.25, 0.3) is 0 Å². The van der Waals surface area contributed by atoms with Crippen LogP contribution >= 0.6 is 24.8 Å². The first-order chi connectivity index (χ1) is 3.72. The molecule has 0 amide bonds. The second-order valence-electron chi connectivity index (χ2n) is 2.19. The molecule has 0 bridgehead atoms. The van der Waals surface area contributed by atoms with Gasteiger partial charge in [-0.15, -0.1) is 24.8 Å². The monoisotopic (exact) mass is 345 g/mol. The van der Waals surface area contributed by atoms with Gasteiger partial charge in [-0.3, -0.25) is 0 Å². The molecule has 0 nitrogen and oxygen atoms in total. The summed E-state index contributed by atoms with van der Waals surface area (Å²) in [5.74, 6) is 0. The van der Waals surface area contributed by atoms with Gasteiger partial charge in [-0.05, 0) is 0 Å². The van der Waals surface area contributed by atoms with Gasteiger partial charge in [0.1, 0.15) is 0 Å². The zero-order valence-electron chi connectivity index (χ0n) is 6.10. The molecule has 0 fully saturated rings. The van der Waals surface area contributed by atoms with Crippen molar-refractivity contribution in [2.24, 2.45) is 0 Å². The zero-order valence-corrected chi connectivity index (χ0v) is 11.3. The average Bonchev–Trinajstić information content (AvgIpc) is 1.98. The smallest absolute Gasteiger partial charge is 0.147 e. The SMILES string of the molecule is CC1=CC[C]([Hf])=C1C.Cl.Cl. The average molecular weight is 345 g/mol. The van der Waals surface area contributed by atoms with Crippen molar-refractivity contribution in [1.82, 2.24) is 0 Å². The van der Waals surface area contributed by atoms with E-state index in [4.69, 9.17) is 0 Å². The van der Waals surface area contributed by atoms with E-state index in [0.29, 0.717) is 0 Å². The van der Waals surface area contributed by atoms with Crippen LogP contribution < -0.4 is 0 Å². The van der Waals surface area contributed by atoms with Crippen LogP contribution in [0.3, 0.4) is 0 Å². The normalized spacial score (nSPS) is 15.5. The fraction of sp³-hybridized carbons (Fsp3) is 0.429. The number of halogens is 2. The first-order valence-corrected chi connectivity index (χ1v) is 4.60. The van der Waals surface area contributed by atoms with E-state index in [2.05, 4.69) is 19.9 Å². The number of hydrogen-bond acceptors (Lipinski definition) is 0. The van der Waals surface area contributed by atoms with Gasteiger partial charge in [0.25, 0.3) is 0 Å². The van der Waals surface area contributed by atoms with Gasteiger partial charge in [-0.1, -0.05) is 0 Å². The molecule has 0 spiro atoms. The minimum Gasteiger partial charge on any atom is -0.147 e. The Hall–Kier alpha value is 0.930. The summed E-state index contributed by atoms with van der Waals surface area (Å²) < 4.78 is 1.67. The largest absolute Gasteiger partial charge is 0.147 e. The maximum atomic E-state index is 2.32. The van der Waals surface area contributed by atoms with Gasteiger partial charge in [0, 0.05) is 0 Å². The molecule has 1 aliphatic carbocycles. The van der Waals surface area contributed by atoms with Crippen molar-refractivity contribution in [2.75, 3.05) is 0 Å². The molecule has 57 valence electrons. The van der Waals surface area contributed by atoms with Crippen LogP contribution in [-0.4, -0.2) is 0 Å². The Labute approximate surface area is 89.5 Å². The fourth-order valence-corrected chi connectivity index (χ4v) is 1.87. The van der Waals surface area contributed by atoms with E-state index < -0.39 is 0 Å². The molecule has 0 saturated carbocycles. The first kappa shape index (κ1) is 13.5. The minimum atomic E-state index is 0. The van der Waals surface area contributed by atoms with Crippen LogP contribution in [-0.2, 0) is 24.4 Å².